The van der Waals surface area contributed by atoms with Gasteiger partial charge in [0.05, 0.1) is 5.76 Å². The van der Waals surface area contributed by atoms with Gasteiger partial charge < -0.3 is 15.4 Å². The van der Waals surface area contributed by atoms with E-state index in [1.54, 1.807) is 0 Å². The van der Waals surface area contributed by atoms with Gasteiger partial charge in [-0.1, -0.05) is 35.9 Å². The first kappa shape index (κ1) is 19.0. The molecule has 3 rings (SSSR count). The summed E-state index contributed by atoms with van der Waals surface area (Å²) in [4.78, 5) is 16.6. The number of carbonyl (C=O) groups is 1. The Morgan fingerprint density at radius 2 is 1.92 bits per heavy atom. The fourth-order valence-corrected chi connectivity index (χ4v) is 3.34. The lowest BCUT2D eigenvalue weighted by molar-refractivity contribution is -0.136. The fourth-order valence-electron chi connectivity index (χ4n) is 3.22. The van der Waals surface area contributed by atoms with E-state index in [0.717, 1.165) is 43.5 Å². The summed E-state index contributed by atoms with van der Waals surface area (Å²) in [5, 5.41) is 0.752. The SMILES string of the molecule is CC1(N)C=CC=C(OCC(=O)N2CCN(Cc3ccc(Cl)cc3)CC2)C1. The minimum atomic E-state index is -0.402. The third-order valence-corrected chi connectivity index (χ3v) is 4.99. The Morgan fingerprint density at radius 1 is 1.23 bits per heavy atom. The van der Waals surface area contributed by atoms with Crippen LogP contribution in [0.15, 0.2) is 48.3 Å². The third-order valence-electron chi connectivity index (χ3n) is 4.74. The molecule has 6 heteroatoms. The van der Waals surface area contributed by atoms with Gasteiger partial charge in [-0.2, -0.15) is 0 Å². The number of rotatable bonds is 5. The van der Waals surface area contributed by atoms with E-state index < -0.39 is 5.54 Å². The van der Waals surface area contributed by atoms with Gasteiger partial charge in [0.25, 0.3) is 5.91 Å². The standard InChI is InChI=1S/C20H26ClN3O2/c1-20(22)8-2-3-18(13-20)26-15-19(25)24-11-9-23(10-12-24)14-16-4-6-17(21)7-5-16/h2-8H,9-15,22H2,1H3. The summed E-state index contributed by atoms with van der Waals surface area (Å²) in [6.45, 7) is 6.08. The number of carbonyl (C=O) groups excluding carboxylic acids is 1. The van der Waals surface area contributed by atoms with Gasteiger partial charge in [-0.05, 0) is 30.7 Å². The van der Waals surface area contributed by atoms with Crippen molar-refractivity contribution in [2.45, 2.75) is 25.4 Å². The molecule has 140 valence electrons. The summed E-state index contributed by atoms with van der Waals surface area (Å²) in [6.07, 6.45) is 6.33. The van der Waals surface area contributed by atoms with Gasteiger partial charge >= 0.3 is 0 Å². The molecule has 2 N–H and O–H groups in total. The van der Waals surface area contributed by atoms with Crippen LogP contribution in [-0.4, -0.2) is 54.0 Å². The molecule has 1 heterocycles. The summed E-state index contributed by atoms with van der Waals surface area (Å²) in [5.41, 5.74) is 6.92. The molecule has 1 aromatic carbocycles. The molecule has 0 bridgehead atoms. The number of piperazine rings is 1. The van der Waals surface area contributed by atoms with E-state index >= 15 is 0 Å². The minimum absolute atomic E-state index is 0.0327. The second-order valence-electron chi connectivity index (χ2n) is 7.25. The normalized spacial score (nSPS) is 23.7. The van der Waals surface area contributed by atoms with Crippen molar-refractivity contribution in [1.82, 2.24) is 9.80 Å². The number of benzene rings is 1. The van der Waals surface area contributed by atoms with Crippen LogP contribution >= 0.6 is 11.6 Å². The Morgan fingerprint density at radius 3 is 2.58 bits per heavy atom. The Labute approximate surface area is 160 Å². The number of halogens is 1. The highest BCUT2D eigenvalue weighted by molar-refractivity contribution is 6.30. The van der Waals surface area contributed by atoms with E-state index in [4.69, 9.17) is 22.1 Å². The number of ether oxygens (including phenoxy) is 1. The molecular formula is C20H26ClN3O2. The average molecular weight is 376 g/mol. The maximum absolute atomic E-state index is 12.4. The molecule has 1 amide bonds. The molecule has 1 atom stereocenters. The first-order valence-electron chi connectivity index (χ1n) is 8.96. The van der Waals surface area contributed by atoms with E-state index in [1.165, 1.54) is 5.56 Å². The van der Waals surface area contributed by atoms with E-state index in [2.05, 4.69) is 4.90 Å². The molecular weight excluding hydrogens is 350 g/mol. The van der Waals surface area contributed by atoms with Crippen molar-refractivity contribution in [3.8, 4) is 0 Å². The lowest BCUT2D eigenvalue weighted by atomic mass is 9.94. The van der Waals surface area contributed by atoms with Crippen LogP contribution < -0.4 is 5.73 Å². The van der Waals surface area contributed by atoms with E-state index in [-0.39, 0.29) is 12.5 Å². The topological polar surface area (TPSA) is 58.8 Å². The van der Waals surface area contributed by atoms with Crippen LogP contribution in [0.1, 0.15) is 18.9 Å². The zero-order chi connectivity index (χ0) is 18.6. The highest BCUT2D eigenvalue weighted by Crippen LogP contribution is 2.21. The van der Waals surface area contributed by atoms with Crippen molar-refractivity contribution in [1.29, 1.82) is 0 Å². The zero-order valence-corrected chi connectivity index (χ0v) is 15.9. The van der Waals surface area contributed by atoms with Crippen LogP contribution in [-0.2, 0) is 16.1 Å². The van der Waals surface area contributed by atoms with Crippen LogP contribution in [0.2, 0.25) is 5.02 Å². The Kier molecular flexibility index (Phi) is 6.01. The number of hydrogen-bond donors (Lipinski definition) is 1. The minimum Gasteiger partial charge on any atom is -0.488 e. The van der Waals surface area contributed by atoms with Crippen LogP contribution in [0, 0.1) is 0 Å². The van der Waals surface area contributed by atoms with E-state index in [9.17, 15) is 4.79 Å². The van der Waals surface area contributed by atoms with Crippen molar-refractivity contribution < 1.29 is 9.53 Å². The van der Waals surface area contributed by atoms with Crippen molar-refractivity contribution in [3.05, 3.63) is 58.8 Å². The predicted molar refractivity (Wildman–Crippen MR) is 104 cm³/mol. The van der Waals surface area contributed by atoms with Crippen molar-refractivity contribution in [2.24, 2.45) is 5.73 Å². The summed E-state index contributed by atoms with van der Waals surface area (Å²) >= 11 is 5.93. The highest BCUT2D eigenvalue weighted by Gasteiger charge is 2.24. The fraction of sp³-hybridized carbons (Fsp3) is 0.450. The predicted octanol–water partition coefficient (Wildman–Crippen LogP) is 2.56. The van der Waals surface area contributed by atoms with Gasteiger partial charge in [0, 0.05) is 49.7 Å². The third kappa shape index (κ3) is 5.34. The lowest BCUT2D eigenvalue weighted by Crippen LogP contribution is -2.49. The van der Waals surface area contributed by atoms with Crippen molar-refractivity contribution >= 4 is 17.5 Å². The Bertz CT molecular complexity index is 690. The Hall–Kier alpha value is -1.82. The second-order valence-corrected chi connectivity index (χ2v) is 7.68. The van der Waals surface area contributed by atoms with Crippen molar-refractivity contribution in [3.63, 3.8) is 0 Å². The van der Waals surface area contributed by atoms with Crippen LogP contribution in [0.25, 0.3) is 0 Å². The quantitative estimate of drug-likeness (QED) is 0.859. The Balaban J connectivity index is 1.41. The second kappa shape index (κ2) is 8.25. The zero-order valence-electron chi connectivity index (χ0n) is 15.2. The average Bonchev–Trinajstić information content (AvgIpc) is 2.61. The summed E-state index contributed by atoms with van der Waals surface area (Å²) in [7, 11) is 0. The molecule has 1 aliphatic carbocycles. The first-order valence-corrected chi connectivity index (χ1v) is 9.34. The molecule has 1 fully saturated rings. The molecule has 0 saturated carbocycles. The molecule has 0 aromatic heterocycles. The lowest BCUT2D eigenvalue weighted by Gasteiger charge is -2.35. The van der Waals surface area contributed by atoms with Gasteiger partial charge in [-0.15, -0.1) is 0 Å². The summed E-state index contributed by atoms with van der Waals surface area (Å²) < 4.78 is 5.68. The smallest absolute Gasteiger partial charge is 0.260 e. The van der Waals surface area contributed by atoms with Gasteiger partial charge in [0.1, 0.15) is 0 Å². The van der Waals surface area contributed by atoms with Crippen LogP contribution in [0.5, 0.6) is 0 Å². The van der Waals surface area contributed by atoms with Gasteiger partial charge in [-0.25, -0.2) is 0 Å². The molecule has 2 aliphatic rings. The monoisotopic (exact) mass is 375 g/mol. The molecule has 0 spiro atoms. The highest BCUT2D eigenvalue weighted by atomic mass is 35.5. The number of nitrogens with zero attached hydrogens (tertiary/aromatic N) is 2. The number of allylic oxidation sites excluding steroid dienone is 2. The first-order chi connectivity index (χ1) is 12.4. The van der Waals surface area contributed by atoms with Crippen LogP contribution in [0.3, 0.4) is 0 Å². The van der Waals surface area contributed by atoms with Crippen LogP contribution in [0.4, 0.5) is 0 Å². The van der Waals surface area contributed by atoms with E-state index in [0.29, 0.717) is 6.42 Å². The number of hydrogen-bond acceptors (Lipinski definition) is 4. The summed E-state index contributed by atoms with van der Waals surface area (Å²) in [6, 6.07) is 7.92. The van der Waals surface area contributed by atoms with Gasteiger partial charge in [0.2, 0.25) is 0 Å². The molecule has 1 unspecified atom stereocenters. The van der Waals surface area contributed by atoms with Crippen molar-refractivity contribution in [2.75, 3.05) is 32.8 Å². The molecule has 26 heavy (non-hydrogen) atoms. The van der Waals surface area contributed by atoms with Gasteiger partial charge in [-0.3, -0.25) is 9.69 Å². The van der Waals surface area contributed by atoms with Gasteiger partial charge in [0.15, 0.2) is 6.61 Å². The maximum Gasteiger partial charge on any atom is 0.260 e. The molecule has 1 aromatic rings. The number of nitrogens with two attached hydrogens (primary N) is 1. The van der Waals surface area contributed by atoms with E-state index in [1.807, 2.05) is 54.3 Å². The maximum atomic E-state index is 12.4. The molecule has 1 aliphatic heterocycles. The molecule has 5 nitrogen and oxygen atoms in total. The number of amides is 1. The summed E-state index contributed by atoms with van der Waals surface area (Å²) in [5.74, 6) is 0.803. The largest absolute Gasteiger partial charge is 0.488 e. The molecule has 1 saturated heterocycles. The molecule has 0 radical (unpaired) electrons.